The van der Waals surface area contributed by atoms with Crippen molar-refractivity contribution in [2.24, 2.45) is 7.05 Å². The molecule has 1 fully saturated rings. The van der Waals surface area contributed by atoms with Gasteiger partial charge in [-0.1, -0.05) is 0 Å². The molecule has 0 saturated carbocycles. The Morgan fingerprint density at radius 3 is 2.59 bits per heavy atom. The Balaban J connectivity index is 0.00000176. The predicted octanol–water partition coefficient (Wildman–Crippen LogP) is 0.313. The Labute approximate surface area is 132 Å². The van der Waals surface area contributed by atoms with Gasteiger partial charge in [0, 0.05) is 13.1 Å². The van der Waals surface area contributed by atoms with E-state index in [9.17, 15) is 9.59 Å². The summed E-state index contributed by atoms with van der Waals surface area (Å²) >= 11 is 0. The van der Waals surface area contributed by atoms with Crippen LogP contribution in [0.1, 0.15) is 24.6 Å². The summed E-state index contributed by atoms with van der Waals surface area (Å²) < 4.78 is 2.77. The van der Waals surface area contributed by atoms with E-state index in [1.54, 1.807) is 19.2 Å². The van der Waals surface area contributed by atoms with Gasteiger partial charge in [-0.3, -0.25) is 14.2 Å². The van der Waals surface area contributed by atoms with Crippen LogP contribution >= 0.6 is 12.4 Å². The number of nitriles is 1. The molecule has 1 aliphatic rings. The smallest absolute Gasteiger partial charge is 0.317 e. The van der Waals surface area contributed by atoms with Crippen molar-refractivity contribution < 1.29 is 0 Å². The Kier molecular flexibility index (Phi) is 4.64. The average Bonchev–Trinajstić information content (AvgIpc) is 2.53. The van der Waals surface area contributed by atoms with Gasteiger partial charge in [0.2, 0.25) is 0 Å². The third kappa shape index (κ3) is 2.51. The van der Waals surface area contributed by atoms with Crippen LogP contribution < -0.4 is 16.4 Å². The van der Waals surface area contributed by atoms with E-state index in [4.69, 9.17) is 5.26 Å². The van der Waals surface area contributed by atoms with Crippen LogP contribution in [-0.2, 0) is 7.05 Å². The van der Waals surface area contributed by atoms with Crippen LogP contribution in [0, 0.1) is 11.3 Å². The number of aromatic nitrogens is 3. The first-order chi connectivity index (χ1) is 10.1. The number of rotatable bonds is 1. The highest BCUT2D eigenvalue weighted by atomic mass is 35.5. The molecule has 0 aliphatic carbocycles. The van der Waals surface area contributed by atoms with Crippen molar-refractivity contribution in [1.82, 2.24) is 19.4 Å². The van der Waals surface area contributed by atoms with E-state index in [0.29, 0.717) is 11.2 Å². The molecule has 0 spiro atoms. The van der Waals surface area contributed by atoms with Gasteiger partial charge in [-0.25, -0.2) is 4.98 Å². The number of piperidine rings is 1. The number of pyridine rings is 1. The van der Waals surface area contributed by atoms with E-state index in [2.05, 4.69) is 10.3 Å². The van der Waals surface area contributed by atoms with Gasteiger partial charge in [-0.05, 0) is 38.1 Å². The van der Waals surface area contributed by atoms with Crippen LogP contribution in [-0.4, -0.2) is 27.2 Å². The van der Waals surface area contributed by atoms with Crippen LogP contribution in [0.4, 0.5) is 0 Å². The Bertz CT molecular complexity index is 858. The minimum absolute atomic E-state index is 0. The maximum atomic E-state index is 12.4. The van der Waals surface area contributed by atoms with Crippen molar-refractivity contribution in [3.8, 4) is 6.07 Å². The standard InChI is InChI=1S/C14H15N5O2.ClH/c1-18-11-3-2-9(8-15)17-12(11)19(14(21)13(18)20)10-4-6-16-7-5-10;/h2-3,10,16H,4-7H2,1H3;1H. The van der Waals surface area contributed by atoms with Gasteiger partial charge in [0.05, 0.1) is 5.52 Å². The minimum Gasteiger partial charge on any atom is -0.317 e. The second-order valence-corrected chi connectivity index (χ2v) is 5.17. The molecule has 0 radical (unpaired) electrons. The normalized spacial score (nSPS) is 15.3. The van der Waals surface area contributed by atoms with Crippen LogP contribution in [0.5, 0.6) is 0 Å². The van der Waals surface area contributed by atoms with E-state index in [-0.39, 0.29) is 24.1 Å². The fourth-order valence-electron chi connectivity index (χ4n) is 2.80. The first-order valence-corrected chi connectivity index (χ1v) is 6.86. The van der Waals surface area contributed by atoms with Crippen LogP contribution in [0.2, 0.25) is 0 Å². The summed E-state index contributed by atoms with van der Waals surface area (Å²) in [6.07, 6.45) is 1.53. The fraction of sp³-hybridized carbons (Fsp3) is 0.429. The second-order valence-electron chi connectivity index (χ2n) is 5.17. The lowest BCUT2D eigenvalue weighted by atomic mass is 10.1. The third-order valence-corrected chi connectivity index (χ3v) is 3.94. The Hall–Kier alpha value is -2.17. The summed E-state index contributed by atoms with van der Waals surface area (Å²) in [4.78, 5) is 28.8. The van der Waals surface area contributed by atoms with E-state index in [0.717, 1.165) is 25.9 Å². The minimum atomic E-state index is -0.570. The molecule has 1 N–H and O–H groups in total. The van der Waals surface area contributed by atoms with Crippen molar-refractivity contribution in [1.29, 1.82) is 5.26 Å². The molecule has 2 aromatic heterocycles. The summed E-state index contributed by atoms with van der Waals surface area (Å²) in [7, 11) is 1.55. The molecule has 7 nitrogen and oxygen atoms in total. The molecule has 116 valence electrons. The highest BCUT2D eigenvalue weighted by Crippen LogP contribution is 2.20. The highest BCUT2D eigenvalue weighted by molar-refractivity contribution is 5.85. The van der Waals surface area contributed by atoms with E-state index >= 15 is 0 Å². The monoisotopic (exact) mass is 321 g/mol. The van der Waals surface area contributed by atoms with Gasteiger partial charge < -0.3 is 9.88 Å². The van der Waals surface area contributed by atoms with Gasteiger partial charge >= 0.3 is 11.1 Å². The summed E-state index contributed by atoms with van der Waals surface area (Å²) in [5.41, 5.74) is 0.0837. The molecule has 8 heteroatoms. The topological polar surface area (TPSA) is 92.7 Å². The average molecular weight is 322 g/mol. The van der Waals surface area contributed by atoms with Crippen molar-refractivity contribution >= 4 is 23.6 Å². The summed E-state index contributed by atoms with van der Waals surface area (Å²) in [6, 6.07) is 5.14. The van der Waals surface area contributed by atoms with Gasteiger partial charge in [-0.15, -0.1) is 12.4 Å². The molecule has 0 atom stereocenters. The van der Waals surface area contributed by atoms with Crippen LogP contribution in [0.25, 0.3) is 11.2 Å². The van der Waals surface area contributed by atoms with Gasteiger partial charge in [0.15, 0.2) is 5.65 Å². The lowest BCUT2D eigenvalue weighted by Crippen LogP contribution is -2.44. The number of halogens is 1. The molecule has 3 rings (SSSR count). The number of hydrogen-bond acceptors (Lipinski definition) is 5. The van der Waals surface area contributed by atoms with Gasteiger partial charge in [0.1, 0.15) is 11.8 Å². The first kappa shape index (κ1) is 16.2. The maximum absolute atomic E-state index is 12.4. The summed E-state index contributed by atoms with van der Waals surface area (Å²) in [5, 5.41) is 12.2. The predicted molar refractivity (Wildman–Crippen MR) is 84.3 cm³/mol. The maximum Gasteiger partial charge on any atom is 0.318 e. The molecule has 1 aliphatic heterocycles. The SMILES string of the molecule is Cl.Cn1c(=O)c(=O)n(C2CCNCC2)c2nc(C#N)ccc21. The molecule has 0 aromatic carbocycles. The summed E-state index contributed by atoms with van der Waals surface area (Å²) in [5.74, 6) is 0. The van der Waals surface area contributed by atoms with E-state index < -0.39 is 11.1 Å². The first-order valence-electron chi connectivity index (χ1n) is 6.86. The highest BCUT2D eigenvalue weighted by Gasteiger charge is 2.22. The van der Waals surface area contributed by atoms with Crippen molar-refractivity contribution in [3.05, 3.63) is 38.5 Å². The third-order valence-electron chi connectivity index (χ3n) is 3.94. The van der Waals surface area contributed by atoms with Crippen LogP contribution in [0.15, 0.2) is 21.7 Å². The van der Waals surface area contributed by atoms with Crippen molar-refractivity contribution in [3.63, 3.8) is 0 Å². The molecular formula is C14H16ClN5O2. The number of fused-ring (bicyclic) bond motifs is 1. The fourth-order valence-corrected chi connectivity index (χ4v) is 2.80. The van der Waals surface area contributed by atoms with Gasteiger partial charge in [0.25, 0.3) is 0 Å². The van der Waals surface area contributed by atoms with Gasteiger partial charge in [-0.2, -0.15) is 5.26 Å². The number of nitrogens with zero attached hydrogens (tertiary/aromatic N) is 4. The second kappa shape index (κ2) is 6.30. The number of nitrogens with one attached hydrogen (secondary N) is 1. The molecule has 2 aromatic rings. The van der Waals surface area contributed by atoms with E-state index in [1.807, 2.05) is 6.07 Å². The lowest BCUT2D eigenvalue weighted by molar-refractivity contribution is 0.365. The molecule has 0 amide bonds. The number of hydrogen-bond donors (Lipinski definition) is 1. The van der Waals surface area contributed by atoms with Crippen molar-refractivity contribution in [2.75, 3.05) is 13.1 Å². The zero-order valence-corrected chi connectivity index (χ0v) is 12.9. The lowest BCUT2D eigenvalue weighted by Gasteiger charge is -2.25. The molecule has 0 bridgehead atoms. The molecule has 0 unspecified atom stereocenters. The summed E-state index contributed by atoms with van der Waals surface area (Å²) in [6.45, 7) is 1.59. The molecule has 1 saturated heterocycles. The molecular weight excluding hydrogens is 306 g/mol. The Morgan fingerprint density at radius 1 is 1.27 bits per heavy atom. The zero-order valence-electron chi connectivity index (χ0n) is 12.1. The van der Waals surface area contributed by atoms with Crippen LogP contribution in [0.3, 0.4) is 0 Å². The largest absolute Gasteiger partial charge is 0.318 e. The van der Waals surface area contributed by atoms with E-state index in [1.165, 1.54) is 9.13 Å². The molecule has 3 heterocycles. The van der Waals surface area contributed by atoms with Crippen molar-refractivity contribution in [2.45, 2.75) is 18.9 Å². The quantitative estimate of drug-likeness (QED) is 0.763. The Morgan fingerprint density at radius 2 is 1.95 bits per heavy atom. The number of aryl methyl sites for hydroxylation is 1. The molecule has 22 heavy (non-hydrogen) atoms. The zero-order chi connectivity index (χ0) is 15.0.